The third kappa shape index (κ3) is 5.00. The molecule has 0 aliphatic heterocycles. The number of benzene rings is 3. The van der Waals surface area contributed by atoms with Crippen LogP contribution < -0.4 is 9.62 Å². The highest BCUT2D eigenvalue weighted by molar-refractivity contribution is 7.93. The standard InChI is InChI=1S/C23H20F2N2O4S/c1-2-27(20-14-8-12-18-11-6-7-13-19(18)20)22(29)23(24,25)21(28)26-32(30,31)16-15-17-9-4-3-5-10-17/h3-16H,2H2,1H3,(H,26,28). The number of rotatable bonds is 7. The third-order valence-electron chi connectivity index (χ3n) is 4.65. The maximum Gasteiger partial charge on any atom is 0.402 e. The van der Waals surface area contributed by atoms with Crippen LogP contribution in [0, 0.1) is 0 Å². The molecule has 2 amide bonds. The summed E-state index contributed by atoms with van der Waals surface area (Å²) in [5, 5.41) is 1.85. The summed E-state index contributed by atoms with van der Waals surface area (Å²) in [5.74, 6) is -8.66. The largest absolute Gasteiger partial charge is 0.402 e. The average Bonchev–Trinajstić information content (AvgIpc) is 2.78. The fourth-order valence-electron chi connectivity index (χ4n) is 3.09. The second-order valence-electron chi connectivity index (χ2n) is 6.81. The molecule has 6 nitrogen and oxygen atoms in total. The molecule has 3 aromatic rings. The van der Waals surface area contributed by atoms with Gasteiger partial charge in [-0.05, 0) is 30.0 Å². The fourth-order valence-corrected chi connectivity index (χ4v) is 3.88. The number of nitrogens with zero attached hydrogens (tertiary/aromatic N) is 1. The van der Waals surface area contributed by atoms with Crippen molar-refractivity contribution in [2.24, 2.45) is 0 Å². The number of anilines is 1. The molecule has 0 radical (unpaired) electrons. The summed E-state index contributed by atoms with van der Waals surface area (Å²) in [4.78, 5) is 25.5. The van der Waals surface area contributed by atoms with Crippen LogP contribution in [0.15, 0.2) is 78.2 Å². The van der Waals surface area contributed by atoms with E-state index in [4.69, 9.17) is 0 Å². The van der Waals surface area contributed by atoms with Gasteiger partial charge >= 0.3 is 17.7 Å². The Balaban J connectivity index is 1.84. The molecule has 0 aromatic heterocycles. The Morgan fingerprint density at radius 3 is 2.28 bits per heavy atom. The Morgan fingerprint density at radius 2 is 1.59 bits per heavy atom. The number of amides is 2. The van der Waals surface area contributed by atoms with Crippen molar-refractivity contribution >= 4 is 44.4 Å². The van der Waals surface area contributed by atoms with Crippen LogP contribution >= 0.6 is 0 Å². The zero-order valence-electron chi connectivity index (χ0n) is 17.0. The molecular formula is C23H20F2N2O4S. The molecule has 32 heavy (non-hydrogen) atoms. The van der Waals surface area contributed by atoms with Crippen molar-refractivity contribution < 1.29 is 26.8 Å². The summed E-state index contributed by atoms with van der Waals surface area (Å²) >= 11 is 0. The lowest BCUT2D eigenvalue weighted by atomic mass is 10.1. The molecule has 0 saturated carbocycles. The molecule has 1 N–H and O–H groups in total. The Kier molecular flexibility index (Phi) is 6.69. The predicted octanol–water partition coefficient (Wildman–Crippen LogP) is 3.94. The van der Waals surface area contributed by atoms with Gasteiger partial charge in [-0.25, -0.2) is 13.1 Å². The van der Waals surface area contributed by atoms with Gasteiger partial charge in [0, 0.05) is 11.9 Å². The molecule has 0 heterocycles. The van der Waals surface area contributed by atoms with E-state index in [2.05, 4.69) is 0 Å². The maximum absolute atomic E-state index is 14.7. The SMILES string of the molecule is CCN(C(=O)C(F)(F)C(=O)NS(=O)(=O)C=Cc1ccccc1)c1cccc2ccccc12. The number of halogens is 2. The summed E-state index contributed by atoms with van der Waals surface area (Å²) in [6.07, 6.45) is 1.14. The lowest BCUT2D eigenvalue weighted by molar-refractivity contribution is -0.156. The quantitative estimate of drug-likeness (QED) is 0.544. The molecule has 0 unspecified atom stereocenters. The molecule has 3 rings (SSSR count). The van der Waals surface area contributed by atoms with Crippen LogP contribution in [0.4, 0.5) is 14.5 Å². The van der Waals surface area contributed by atoms with Crippen LogP contribution in [0.1, 0.15) is 12.5 Å². The smallest absolute Gasteiger partial charge is 0.306 e. The van der Waals surface area contributed by atoms with E-state index in [1.165, 1.54) is 17.7 Å². The first-order valence-electron chi connectivity index (χ1n) is 9.63. The van der Waals surface area contributed by atoms with Crippen LogP contribution in [0.2, 0.25) is 0 Å². The normalized spacial score (nSPS) is 12.1. The van der Waals surface area contributed by atoms with Crippen molar-refractivity contribution in [2.45, 2.75) is 12.8 Å². The van der Waals surface area contributed by atoms with Crippen molar-refractivity contribution in [3.63, 3.8) is 0 Å². The second-order valence-corrected chi connectivity index (χ2v) is 8.38. The van der Waals surface area contributed by atoms with Gasteiger partial charge in [0.25, 0.3) is 10.0 Å². The minimum Gasteiger partial charge on any atom is -0.306 e. The first kappa shape index (κ1) is 23.1. The van der Waals surface area contributed by atoms with Gasteiger partial charge in [-0.15, -0.1) is 0 Å². The van der Waals surface area contributed by atoms with E-state index in [0.717, 1.165) is 16.4 Å². The van der Waals surface area contributed by atoms with Crippen LogP contribution in [-0.2, 0) is 19.6 Å². The van der Waals surface area contributed by atoms with Gasteiger partial charge < -0.3 is 4.90 Å². The summed E-state index contributed by atoms with van der Waals surface area (Å²) in [5.41, 5.74) is 0.677. The second kappa shape index (κ2) is 9.27. The molecule has 0 saturated heterocycles. The Morgan fingerprint density at radius 1 is 0.969 bits per heavy atom. The molecular weight excluding hydrogens is 438 g/mol. The molecule has 0 fully saturated rings. The van der Waals surface area contributed by atoms with Gasteiger partial charge in [-0.2, -0.15) is 8.78 Å². The highest BCUT2D eigenvalue weighted by atomic mass is 32.2. The molecule has 0 spiro atoms. The van der Waals surface area contributed by atoms with Gasteiger partial charge in [-0.3, -0.25) is 9.59 Å². The Hall–Kier alpha value is -3.59. The number of carbonyl (C=O) groups excluding carboxylic acids is 2. The van der Waals surface area contributed by atoms with Crippen LogP contribution in [0.3, 0.4) is 0 Å². The molecule has 0 aliphatic carbocycles. The lowest BCUT2D eigenvalue weighted by Gasteiger charge is -2.26. The number of nitrogens with one attached hydrogen (secondary N) is 1. The van der Waals surface area contributed by atoms with E-state index in [9.17, 15) is 26.8 Å². The van der Waals surface area contributed by atoms with Crippen LogP contribution in [0.5, 0.6) is 0 Å². The Labute approximate surface area is 184 Å². The monoisotopic (exact) mass is 458 g/mol. The van der Waals surface area contributed by atoms with E-state index < -0.39 is 27.8 Å². The number of hydrogen-bond donors (Lipinski definition) is 1. The van der Waals surface area contributed by atoms with E-state index in [-0.39, 0.29) is 12.2 Å². The molecule has 0 aliphatic rings. The van der Waals surface area contributed by atoms with Gasteiger partial charge in [0.1, 0.15) is 0 Å². The summed E-state index contributed by atoms with van der Waals surface area (Å²) in [6, 6.07) is 19.9. The van der Waals surface area contributed by atoms with Crippen LogP contribution in [0.25, 0.3) is 16.8 Å². The zero-order chi connectivity index (χ0) is 23.4. The number of carbonyl (C=O) groups is 2. The van der Waals surface area contributed by atoms with E-state index in [0.29, 0.717) is 16.4 Å². The van der Waals surface area contributed by atoms with Crippen molar-refractivity contribution in [1.82, 2.24) is 4.72 Å². The first-order chi connectivity index (χ1) is 15.2. The minimum absolute atomic E-state index is 0.156. The molecule has 9 heteroatoms. The zero-order valence-corrected chi connectivity index (χ0v) is 17.9. The summed E-state index contributed by atoms with van der Waals surface area (Å²) < 4.78 is 54.9. The van der Waals surface area contributed by atoms with E-state index >= 15 is 0 Å². The number of alkyl halides is 2. The van der Waals surface area contributed by atoms with Crippen molar-refractivity contribution in [3.05, 3.63) is 83.8 Å². The number of hydrogen-bond acceptors (Lipinski definition) is 4. The molecule has 0 atom stereocenters. The van der Waals surface area contributed by atoms with Crippen molar-refractivity contribution in [3.8, 4) is 0 Å². The predicted molar refractivity (Wildman–Crippen MR) is 119 cm³/mol. The third-order valence-corrected chi connectivity index (χ3v) is 5.61. The number of sulfonamides is 1. The van der Waals surface area contributed by atoms with Gasteiger partial charge in [0.2, 0.25) is 0 Å². The maximum atomic E-state index is 14.7. The lowest BCUT2D eigenvalue weighted by Crippen LogP contribution is -2.53. The van der Waals surface area contributed by atoms with Gasteiger partial charge in [-0.1, -0.05) is 66.7 Å². The molecule has 3 aromatic carbocycles. The van der Waals surface area contributed by atoms with Crippen molar-refractivity contribution in [1.29, 1.82) is 0 Å². The van der Waals surface area contributed by atoms with Crippen LogP contribution in [-0.4, -0.2) is 32.7 Å². The topological polar surface area (TPSA) is 83.6 Å². The molecule has 0 bridgehead atoms. The summed E-state index contributed by atoms with van der Waals surface area (Å²) in [6.45, 7) is 1.32. The highest BCUT2D eigenvalue weighted by Crippen LogP contribution is 2.30. The minimum atomic E-state index is -4.61. The van der Waals surface area contributed by atoms with Crippen molar-refractivity contribution in [2.75, 3.05) is 11.4 Å². The fraction of sp³-hybridized carbons (Fsp3) is 0.130. The summed E-state index contributed by atoms with van der Waals surface area (Å²) in [7, 11) is -4.56. The average molecular weight is 458 g/mol. The van der Waals surface area contributed by atoms with Gasteiger partial charge in [0.05, 0.1) is 11.1 Å². The Bertz CT molecular complexity index is 1270. The first-order valence-corrected chi connectivity index (χ1v) is 11.2. The molecule has 166 valence electrons. The number of fused-ring (bicyclic) bond motifs is 1. The van der Waals surface area contributed by atoms with E-state index in [1.54, 1.807) is 66.7 Å². The van der Waals surface area contributed by atoms with Gasteiger partial charge in [0.15, 0.2) is 0 Å². The highest BCUT2D eigenvalue weighted by Gasteiger charge is 2.51. The van der Waals surface area contributed by atoms with E-state index in [1.807, 2.05) is 0 Å².